The van der Waals surface area contributed by atoms with Gasteiger partial charge in [0.15, 0.2) is 0 Å². The molecule has 1 N–H and O–H groups in total. The Bertz CT molecular complexity index is 750. The Morgan fingerprint density at radius 3 is 2.19 bits per heavy atom. The number of benzene rings is 2. The topological polar surface area (TPSA) is 59.6 Å². The van der Waals surface area contributed by atoms with Crippen molar-refractivity contribution >= 4 is 5.69 Å². The van der Waals surface area contributed by atoms with Crippen LogP contribution in [0.1, 0.15) is 16.7 Å². The van der Waals surface area contributed by atoms with E-state index < -0.39 is 17.5 Å². The number of nitriles is 2. The molecule has 0 radical (unpaired) electrons. The fraction of sp³-hybridized carbons (Fsp3) is 0.0667. The van der Waals surface area contributed by atoms with Crippen molar-refractivity contribution < 1.29 is 13.2 Å². The summed E-state index contributed by atoms with van der Waals surface area (Å²) < 4.78 is 40.4. The Labute approximate surface area is 118 Å². The molecule has 0 atom stereocenters. The van der Waals surface area contributed by atoms with Crippen molar-refractivity contribution in [1.29, 1.82) is 10.5 Å². The summed E-state index contributed by atoms with van der Waals surface area (Å²) in [6.45, 7) is -0.232. The van der Waals surface area contributed by atoms with Crippen molar-refractivity contribution in [3.05, 3.63) is 64.5 Å². The first-order valence-electron chi connectivity index (χ1n) is 5.86. The van der Waals surface area contributed by atoms with Crippen LogP contribution in [0.15, 0.2) is 30.3 Å². The first kappa shape index (κ1) is 14.4. The minimum absolute atomic E-state index is 0.0319. The molecule has 0 unspecified atom stereocenters. The largest absolute Gasteiger partial charge is 0.380 e. The lowest BCUT2D eigenvalue weighted by molar-refractivity contribution is 0.559. The summed E-state index contributed by atoms with van der Waals surface area (Å²) in [6, 6.07) is 8.76. The lowest BCUT2D eigenvalue weighted by atomic mass is 10.1. The molecule has 0 aliphatic heterocycles. The summed E-state index contributed by atoms with van der Waals surface area (Å²) in [5.41, 5.74) is -0.0815. The molecule has 0 fully saturated rings. The Hall–Kier alpha value is -2.99. The molecule has 0 bridgehead atoms. The van der Waals surface area contributed by atoms with Gasteiger partial charge in [-0.2, -0.15) is 10.5 Å². The van der Waals surface area contributed by atoms with Gasteiger partial charge in [0.2, 0.25) is 0 Å². The van der Waals surface area contributed by atoms with Gasteiger partial charge in [0.05, 0.1) is 22.9 Å². The predicted octanol–water partition coefficient (Wildman–Crippen LogP) is 3.46. The highest BCUT2D eigenvalue weighted by atomic mass is 19.1. The quantitative estimate of drug-likeness (QED) is 0.940. The van der Waals surface area contributed by atoms with Crippen LogP contribution in [0.3, 0.4) is 0 Å². The van der Waals surface area contributed by atoms with Gasteiger partial charge in [-0.25, -0.2) is 13.2 Å². The fourth-order valence-corrected chi connectivity index (χ4v) is 1.78. The van der Waals surface area contributed by atoms with E-state index in [2.05, 4.69) is 5.32 Å². The third-order valence-corrected chi connectivity index (χ3v) is 2.83. The SMILES string of the molecule is N#Cc1cc(F)c(CNc2ccc(F)cc2C#N)c(F)c1. The maximum atomic E-state index is 13.7. The molecule has 0 spiro atoms. The summed E-state index contributed by atoms with van der Waals surface area (Å²) in [6.07, 6.45) is 0. The molecular weight excluding hydrogens is 279 g/mol. The minimum Gasteiger partial charge on any atom is -0.380 e. The van der Waals surface area contributed by atoms with E-state index in [-0.39, 0.29) is 28.9 Å². The Balaban J connectivity index is 2.26. The Kier molecular flexibility index (Phi) is 4.10. The molecule has 104 valence electrons. The lowest BCUT2D eigenvalue weighted by Gasteiger charge is -2.10. The number of halogens is 3. The molecule has 0 aliphatic carbocycles. The normalized spacial score (nSPS) is 9.76. The average Bonchev–Trinajstić information content (AvgIpc) is 2.47. The van der Waals surface area contributed by atoms with E-state index in [1.807, 2.05) is 0 Å². The van der Waals surface area contributed by atoms with Gasteiger partial charge in [0.25, 0.3) is 0 Å². The first-order valence-corrected chi connectivity index (χ1v) is 5.86. The first-order chi connectivity index (χ1) is 10.0. The number of rotatable bonds is 3. The Morgan fingerprint density at radius 2 is 1.62 bits per heavy atom. The second-order valence-corrected chi connectivity index (χ2v) is 4.19. The van der Waals surface area contributed by atoms with Crippen LogP contribution in [0.2, 0.25) is 0 Å². The summed E-state index contributed by atoms with van der Waals surface area (Å²) in [5.74, 6) is -2.30. The number of hydrogen-bond donors (Lipinski definition) is 1. The van der Waals surface area contributed by atoms with Crippen LogP contribution in [-0.2, 0) is 6.54 Å². The smallest absolute Gasteiger partial charge is 0.132 e. The molecular formula is C15H8F3N3. The molecule has 21 heavy (non-hydrogen) atoms. The van der Waals surface area contributed by atoms with Crippen LogP contribution in [0.5, 0.6) is 0 Å². The number of anilines is 1. The molecule has 6 heteroatoms. The number of nitrogens with one attached hydrogen (secondary N) is 1. The van der Waals surface area contributed by atoms with Crippen molar-refractivity contribution in [1.82, 2.24) is 0 Å². The third kappa shape index (κ3) is 3.13. The van der Waals surface area contributed by atoms with Crippen LogP contribution in [0.25, 0.3) is 0 Å². The minimum atomic E-state index is -0.861. The molecule has 0 amide bonds. The van der Waals surface area contributed by atoms with Crippen molar-refractivity contribution in [2.24, 2.45) is 0 Å². The molecule has 2 aromatic rings. The summed E-state index contributed by atoms with van der Waals surface area (Å²) in [7, 11) is 0. The molecule has 0 saturated carbocycles. The van der Waals surface area contributed by atoms with E-state index in [4.69, 9.17) is 10.5 Å². The second-order valence-electron chi connectivity index (χ2n) is 4.19. The van der Waals surface area contributed by atoms with Gasteiger partial charge in [-0.1, -0.05) is 0 Å². The van der Waals surface area contributed by atoms with E-state index in [9.17, 15) is 13.2 Å². The molecule has 0 aliphatic rings. The van der Waals surface area contributed by atoms with Crippen LogP contribution >= 0.6 is 0 Å². The monoisotopic (exact) mass is 287 g/mol. The fourth-order valence-electron chi connectivity index (χ4n) is 1.78. The predicted molar refractivity (Wildman–Crippen MR) is 69.5 cm³/mol. The highest BCUT2D eigenvalue weighted by Gasteiger charge is 2.12. The molecule has 3 nitrogen and oxygen atoms in total. The van der Waals surface area contributed by atoms with Crippen molar-refractivity contribution in [2.45, 2.75) is 6.54 Å². The van der Waals surface area contributed by atoms with Gasteiger partial charge < -0.3 is 5.32 Å². The second kappa shape index (κ2) is 5.98. The molecule has 2 rings (SSSR count). The van der Waals surface area contributed by atoms with Crippen molar-refractivity contribution in [3.8, 4) is 12.1 Å². The van der Waals surface area contributed by atoms with E-state index in [1.165, 1.54) is 6.07 Å². The van der Waals surface area contributed by atoms with E-state index in [0.29, 0.717) is 0 Å². The summed E-state index contributed by atoms with van der Waals surface area (Å²) in [4.78, 5) is 0. The third-order valence-electron chi connectivity index (χ3n) is 2.83. The summed E-state index contributed by atoms with van der Waals surface area (Å²) >= 11 is 0. The lowest BCUT2D eigenvalue weighted by Crippen LogP contribution is -2.06. The zero-order valence-electron chi connectivity index (χ0n) is 10.6. The maximum Gasteiger partial charge on any atom is 0.132 e. The van der Waals surface area contributed by atoms with E-state index >= 15 is 0 Å². The van der Waals surface area contributed by atoms with Gasteiger partial charge in [-0.05, 0) is 30.3 Å². The molecule has 0 aromatic heterocycles. The maximum absolute atomic E-state index is 13.7. The standard InChI is InChI=1S/C15H8F3N3/c16-11-1-2-15(10(5-11)7-20)21-8-12-13(17)3-9(6-19)4-14(12)18/h1-5,21H,8H2. The number of hydrogen-bond acceptors (Lipinski definition) is 3. The van der Waals surface area contributed by atoms with Gasteiger partial charge in [0.1, 0.15) is 23.5 Å². The van der Waals surface area contributed by atoms with Gasteiger partial charge in [0, 0.05) is 12.1 Å². The highest BCUT2D eigenvalue weighted by molar-refractivity contribution is 5.57. The molecule has 2 aromatic carbocycles. The van der Waals surface area contributed by atoms with Gasteiger partial charge >= 0.3 is 0 Å². The molecule has 0 saturated heterocycles. The van der Waals surface area contributed by atoms with Gasteiger partial charge in [-0.15, -0.1) is 0 Å². The van der Waals surface area contributed by atoms with E-state index in [0.717, 1.165) is 24.3 Å². The zero-order chi connectivity index (χ0) is 15.4. The average molecular weight is 287 g/mol. The van der Waals surface area contributed by atoms with Crippen molar-refractivity contribution in [3.63, 3.8) is 0 Å². The molecule has 0 heterocycles. The van der Waals surface area contributed by atoms with Crippen molar-refractivity contribution in [2.75, 3.05) is 5.32 Å². The Morgan fingerprint density at radius 1 is 0.952 bits per heavy atom. The van der Waals surface area contributed by atoms with Crippen LogP contribution in [-0.4, -0.2) is 0 Å². The van der Waals surface area contributed by atoms with Crippen LogP contribution in [0.4, 0.5) is 18.9 Å². The zero-order valence-corrected chi connectivity index (χ0v) is 10.6. The summed E-state index contributed by atoms with van der Waals surface area (Å²) in [5, 5.41) is 20.2. The van der Waals surface area contributed by atoms with Crippen LogP contribution < -0.4 is 5.32 Å². The highest BCUT2D eigenvalue weighted by Crippen LogP contribution is 2.20. The number of nitrogens with zero attached hydrogens (tertiary/aromatic N) is 2. The van der Waals surface area contributed by atoms with E-state index in [1.54, 1.807) is 12.1 Å². The van der Waals surface area contributed by atoms with Crippen LogP contribution in [0, 0.1) is 40.1 Å². The van der Waals surface area contributed by atoms with Gasteiger partial charge in [-0.3, -0.25) is 0 Å².